The summed E-state index contributed by atoms with van der Waals surface area (Å²) < 4.78 is 5.79. The summed E-state index contributed by atoms with van der Waals surface area (Å²) in [4.78, 5) is 16.8. The number of aromatic nitrogens is 1. The predicted octanol–water partition coefficient (Wildman–Crippen LogP) is 5.88. The maximum absolute atomic E-state index is 12.5. The van der Waals surface area contributed by atoms with E-state index in [1.165, 1.54) is 11.1 Å². The molecule has 0 saturated heterocycles. The number of oxazole rings is 1. The van der Waals surface area contributed by atoms with Gasteiger partial charge in [0.25, 0.3) is 0 Å². The minimum Gasteiger partial charge on any atom is -0.441 e. The van der Waals surface area contributed by atoms with Crippen LogP contribution < -0.4 is 5.32 Å². The lowest BCUT2D eigenvalue weighted by molar-refractivity contribution is -0.121. The van der Waals surface area contributed by atoms with Gasteiger partial charge in [0.05, 0.1) is 11.2 Å². The van der Waals surface area contributed by atoms with Gasteiger partial charge in [-0.2, -0.15) is 0 Å². The summed E-state index contributed by atoms with van der Waals surface area (Å²) >= 11 is 6.22. The van der Waals surface area contributed by atoms with Crippen LogP contribution in [0.15, 0.2) is 95.5 Å². The van der Waals surface area contributed by atoms with Crippen molar-refractivity contribution in [2.75, 3.05) is 6.54 Å². The molecule has 0 atom stereocenters. The maximum Gasteiger partial charge on any atom is 0.220 e. The molecule has 4 rings (SSSR count). The van der Waals surface area contributed by atoms with Crippen LogP contribution in [0.25, 0.3) is 11.3 Å². The zero-order chi connectivity index (χ0) is 21.5. The lowest BCUT2D eigenvalue weighted by Crippen LogP contribution is -2.29. The average molecular weight is 431 g/mol. The van der Waals surface area contributed by atoms with Crippen LogP contribution in [0, 0.1) is 0 Å². The molecule has 4 aromatic rings. The first-order valence-corrected chi connectivity index (χ1v) is 10.6. The maximum atomic E-state index is 12.5. The van der Waals surface area contributed by atoms with E-state index in [4.69, 9.17) is 16.0 Å². The molecule has 0 radical (unpaired) electrons. The van der Waals surface area contributed by atoms with Gasteiger partial charge in [0.15, 0.2) is 11.7 Å². The quantitative estimate of drug-likeness (QED) is 0.380. The van der Waals surface area contributed by atoms with Gasteiger partial charge >= 0.3 is 0 Å². The SMILES string of the molecule is O=C(CCc1ncc(-c2ccccc2Cl)o1)NCC(c1ccccc1)c1ccccc1. The Labute approximate surface area is 186 Å². The number of hydrogen-bond acceptors (Lipinski definition) is 3. The summed E-state index contributed by atoms with van der Waals surface area (Å²) in [6.45, 7) is 0.531. The van der Waals surface area contributed by atoms with Crippen molar-refractivity contribution in [2.24, 2.45) is 0 Å². The number of hydrogen-bond donors (Lipinski definition) is 1. The van der Waals surface area contributed by atoms with E-state index in [9.17, 15) is 4.79 Å². The molecule has 1 N–H and O–H groups in total. The van der Waals surface area contributed by atoms with Gasteiger partial charge in [-0.25, -0.2) is 4.98 Å². The summed E-state index contributed by atoms with van der Waals surface area (Å²) in [7, 11) is 0. The third-order valence-electron chi connectivity index (χ3n) is 5.17. The van der Waals surface area contributed by atoms with Gasteiger partial charge in [0.1, 0.15) is 0 Å². The highest BCUT2D eigenvalue weighted by Crippen LogP contribution is 2.28. The number of benzene rings is 3. The molecular weight excluding hydrogens is 408 g/mol. The molecule has 1 amide bonds. The molecule has 5 heteroatoms. The number of amides is 1. The molecular formula is C26H23ClN2O2. The molecule has 4 nitrogen and oxygen atoms in total. The number of carbonyl (C=O) groups excluding carboxylic acids is 1. The van der Waals surface area contributed by atoms with E-state index in [2.05, 4.69) is 34.6 Å². The summed E-state index contributed by atoms with van der Waals surface area (Å²) in [6, 6.07) is 27.9. The number of carbonyl (C=O) groups is 1. The lowest BCUT2D eigenvalue weighted by atomic mass is 9.91. The van der Waals surface area contributed by atoms with E-state index in [-0.39, 0.29) is 11.8 Å². The fraction of sp³-hybridized carbons (Fsp3) is 0.154. The van der Waals surface area contributed by atoms with Gasteiger partial charge in [0.2, 0.25) is 5.91 Å². The Morgan fingerprint density at radius 3 is 2.16 bits per heavy atom. The molecule has 1 heterocycles. The normalized spacial score (nSPS) is 10.9. The first-order valence-electron chi connectivity index (χ1n) is 10.3. The predicted molar refractivity (Wildman–Crippen MR) is 123 cm³/mol. The Kier molecular flexibility index (Phi) is 6.80. The van der Waals surface area contributed by atoms with Crippen molar-refractivity contribution < 1.29 is 9.21 Å². The highest BCUT2D eigenvalue weighted by atomic mass is 35.5. The van der Waals surface area contributed by atoms with Crippen LogP contribution in [0.4, 0.5) is 0 Å². The Morgan fingerprint density at radius 2 is 1.52 bits per heavy atom. The van der Waals surface area contributed by atoms with E-state index >= 15 is 0 Å². The summed E-state index contributed by atoms with van der Waals surface area (Å²) in [5.74, 6) is 1.19. The second kappa shape index (κ2) is 10.1. The average Bonchev–Trinajstić information content (AvgIpc) is 3.28. The van der Waals surface area contributed by atoms with Crippen molar-refractivity contribution in [3.05, 3.63) is 113 Å². The Morgan fingerprint density at radius 1 is 0.903 bits per heavy atom. The first kappa shape index (κ1) is 20.9. The van der Waals surface area contributed by atoms with E-state index in [0.29, 0.717) is 36.1 Å². The Hall–Kier alpha value is -3.37. The zero-order valence-electron chi connectivity index (χ0n) is 17.0. The fourth-order valence-electron chi connectivity index (χ4n) is 3.53. The van der Waals surface area contributed by atoms with Crippen LogP contribution in [0.2, 0.25) is 5.02 Å². The number of nitrogens with one attached hydrogen (secondary N) is 1. The molecule has 0 aliphatic rings. The van der Waals surface area contributed by atoms with Crippen molar-refractivity contribution in [1.82, 2.24) is 10.3 Å². The number of halogens is 1. The number of aryl methyl sites for hydroxylation is 1. The van der Waals surface area contributed by atoms with Crippen LogP contribution in [-0.4, -0.2) is 17.4 Å². The van der Waals surface area contributed by atoms with Gasteiger partial charge in [-0.15, -0.1) is 0 Å². The summed E-state index contributed by atoms with van der Waals surface area (Å²) in [5, 5.41) is 3.68. The molecule has 3 aromatic carbocycles. The molecule has 31 heavy (non-hydrogen) atoms. The molecule has 1 aromatic heterocycles. The zero-order valence-corrected chi connectivity index (χ0v) is 17.8. The van der Waals surface area contributed by atoms with Gasteiger partial charge in [-0.1, -0.05) is 84.4 Å². The van der Waals surface area contributed by atoms with Crippen molar-refractivity contribution >= 4 is 17.5 Å². The van der Waals surface area contributed by atoms with Gasteiger partial charge in [0, 0.05) is 30.9 Å². The standard InChI is InChI=1S/C26H23ClN2O2/c27-23-14-8-7-13-21(23)24-18-29-26(31-24)16-15-25(30)28-17-22(19-9-3-1-4-10-19)20-11-5-2-6-12-20/h1-14,18,22H,15-17H2,(H,28,30). The molecule has 0 unspecified atom stereocenters. The van der Waals surface area contributed by atoms with E-state index in [0.717, 1.165) is 5.56 Å². The van der Waals surface area contributed by atoms with E-state index in [1.54, 1.807) is 6.20 Å². The Bertz CT molecular complexity index is 1090. The largest absolute Gasteiger partial charge is 0.441 e. The van der Waals surface area contributed by atoms with Crippen molar-refractivity contribution in [3.63, 3.8) is 0 Å². The monoisotopic (exact) mass is 430 g/mol. The second-order valence-corrected chi connectivity index (χ2v) is 7.68. The van der Waals surface area contributed by atoms with Crippen LogP contribution in [0.5, 0.6) is 0 Å². The van der Waals surface area contributed by atoms with Crippen LogP contribution in [0.3, 0.4) is 0 Å². The molecule has 156 valence electrons. The summed E-state index contributed by atoms with van der Waals surface area (Å²) in [5.41, 5.74) is 3.14. The molecule has 0 aliphatic heterocycles. The highest BCUT2D eigenvalue weighted by Gasteiger charge is 2.16. The van der Waals surface area contributed by atoms with Gasteiger partial charge in [-0.05, 0) is 23.3 Å². The van der Waals surface area contributed by atoms with Crippen molar-refractivity contribution in [2.45, 2.75) is 18.8 Å². The highest BCUT2D eigenvalue weighted by molar-refractivity contribution is 6.33. The van der Waals surface area contributed by atoms with Crippen LogP contribution in [0.1, 0.15) is 29.4 Å². The minimum absolute atomic E-state index is 0.0330. The Balaban J connectivity index is 1.36. The van der Waals surface area contributed by atoms with Gasteiger partial charge < -0.3 is 9.73 Å². The first-order chi connectivity index (χ1) is 15.2. The minimum atomic E-state index is -0.0330. The van der Waals surface area contributed by atoms with E-state index in [1.807, 2.05) is 60.7 Å². The fourth-order valence-corrected chi connectivity index (χ4v) is 3.76. The molecule has 0 saturated carbocycles. The van der Waals surface area contributed by atoms with Gasteiger partial charge in [-0.3, -0.25) is 4.79 Å². The third kappa shape index (κ3) is 5.41. The third-order valence-corrected chi connectivity index (χ3v) is 5.50. The molecule has 0 spiro atoms. The van der Waals surface area contributed by atoms with Crippen molar-refractivity contribution in [3.8, 4) is 11.3 Å². The van der Waals surface area contributed by atoms with E-state index < -0.39 is 0 Å². The summed E-state index contributed by atoms with van der Waals surface area (Å²) in [6.07, 6.45) is 2.38. The number of rotatable bonds is 8. The smallest absolute Gasteiger partial charge is 0.220 e. The van der Waals surface area contributed by atoms with Crippen LogP contribution in [-0.2, 0) is 11.2 Å². The van der Waals surface area contributed by atoms with Crippen LogP contribution >= 0.6 is 11.6 Å². The van der Waals surface area contributed by atoms with Crippen molar-refractivity contribution in [1.29, 1.82) is 0 Å². The molecule has 0 bridgehead atoms. The molecule has 0 aliphatic carbocycles. The molecule has 0 fully saturated rings. The second-order valence-electron chi connectivity index (χ2n) is 7.28. The lowest BCUT2D eigenvalue weighted by Gasteiger charge is -2.18. The number of nitrogens with zero attached hydrogens (tertiary/aromatic N) is 1. The topological polar surface area (TPSA) is 55.1 Å².